The predicted octanol–water partition coefficient (Wildman–Crippen LogP) is 2.77. The molecule has 90 valence electrons. The van der Waals surface area contributed by atoms with Gasteiger partial charge in [-0.1, -0.05) is 30.3 Å². The first-order chi connectivity index (χ1) is 7.62. The lowest BCUT2D eigenvalue weighted by atomic mass is 9.94. The van der Waals surface area contributed by atoms with Crippen molar-refractivity contribution in [2.45, 2.75) is 25.5 Å². The van der Waals surface area contributed by atoms with Gasteiger partial charge in [0.25, 0.3) is 0 Å². The van der Waals surface area contributed by atoms with Gasteiger partial charge in [0.1, 0.15) is 0 Å². The molecule has 1 aromatic carbocycles. The number of ether oxygens (including phenoxy) is 1. The normalized spacial score (nSPS) is 16.8. The van der Waals surface area contributed by atoms with Crippen LogP contribution in [0.15, 0.2) is 30.3 Å². The smallest absolute Gasteiger partial charge is 0.0667 e. The number of halogens is 1. The van der Waals surface area contributed by atoms with Crippen molar-refractivity contribution in [3.63, 3.8) is 0 Å². The second-order valence-electron chi connectivity index (χ2n) is 4.26. The minimum absolute atomic E-state index is 0.186. The molecule has 0 aliphatic rings. The zero-order valence-electron chi connectivity index (χ0n) is 10.2. The number of benzene rings is 1. The molecule has 0 aromatic heterocycles. The van der Waals surface area contributed by atoms with Crippen LogP contribution in [0.25, 0.3) is 0 Å². The molecule has 2 atom stereocenters. The summed E-state index contributed by atoms with van der Waals surface area (Å²) >= 11 is 6.07. The third-order valence-corrected chi connectivity index (χ3v) is 3.39. The van der Waals surface area contributed by atoms with Gasteiger partial charge in [0.15, 0.2) is 0 Å². The predicted molar refractivity (Wildman–Crippen MR) is 69.0 cm³/mol. The van der Waals surface area contributed by atoms with Crippen LogP contribution in [0.2, 0.25) is 0 Å². The molecule has 1 rings (SSSR count). The summed E-state index contributed by atoms with van der Waals surface area (Å²) < 4.78 is 5.22. The summed E-state index contributed by atoms with van der Waals surface area (Å²) in [5.41, 5.74) is 1.00. The number of rotatable bonds is 6. The zero-order chi connectivity index (χ0) is 12.0. The van der Waals surface area contributed by atoms with Crippen molar-refractivity contribution in [1.29, 1.82) is 0 Å². The van der Waals surface area contributed by atoms with Gasteiger partial charge in [-0.2, -0.15) is 0 Å². The van der Waals surface area contributed by atoms with Gasteiger partial charge in [-0.25, -0.2) is 0 Å². The van der Waals surface area contributed by atoms with Crippen LogP contribution in [0, 0.1) is 0 Å². The molecule has 0 saturated heterocycles. The maximum Gasteiger partial charge on any atom is 0.0667 e. The van der Waals surface area contributed by atoms with E-state index >= 15 is 0 Å². The fraction of sp³-hybridized carbons (Fsp3) is 0.538. The topological polar surface area (TPSA) is 21.3 Å². The molecule has 0 bridgehead atoms. The average Bonchev–Trinajstić information content (AvgIpc) is 2.36. The quantitative estimate of drug-likeness (QED) is 0.774. The summed E-state index contributed by atoms with van der Waals surface area (Å²) in [5, 5.41) is 3.46. The first-order valence-electron chi connectivity index (χ1n) is 5.51. The Balaban J connectivity index is 2.70. The fourth-order valence-corrected chi connectivity index (χ4v) is 1.73. The third-order valence-electron chi connectivity index (χ3n) is 2.86. The number of hydrogen-bond acceptors (Lipinski definition) is 2. The number of alkyl halides is 1. The highest BCUT2D eigenvalue weighted by Crippen LogP contribution is 2.21. The lowest BCUT2D eigenvalue weighted by molar-refractivity contribution is 0.109. The van der Waals surface area contributed by atoms with E-state index in [2.05, 4.69) is 24.4 Å². The van der Waals surface area contributed by atoms with Crippen molar-refractivity contribution in [2.24, 2.45) is 0 Å². The largest absolute Gasteiger partial charge is 0.380 e. The molecular formula is C13H20ClNO. The summed E-state index contributed by atoms with van der Waals surface area (Å²) in [6.45, 7) is 4.93. The highest BCUT2D eigenvalue weighted by molar-refractivity contribution is 6.18. The van der Waals surface area contributed by atoms with E-state index in [-0.39, 0.29) is 11.6 Å². The van der Waals surface area contributed by atoms with Gasteiger partial charge in [0.2, 0.25) is 0 Å². The maximum absolute atomic E-state index is 6.07. The van der Waals surface area contributed by atoms with Crippen LogP contribution in [-0.4, -0.2) is 25.6 Å². The molecule has 16 heavy (non-hydrogen) atoms. The maximum atomic E-state index is 6.07. The molecular weight excluding hydrogens is 222 g/mol. The average molecular weight is 242 g/mol. The lowest BCUT2D eigenvalue weighted by Crippen LogP contribution is -2.44. The van der Waals surface area contributed by atoms with E-state index in [4.69, 9.17) is 16.3 Å². The van der Waals surface area contributed by atoms with E-state index < -0.39 is 0 Å². The van der Waals surface area contributed by atoms with Crippen LogP contribution in [0.3, 0.4) is 0 Å². The Hall–Kier alpha value is -0.570. The van der Waals surface area contributed by atoms with E-state index in [0.717, 1.165) is 6.54 Å². The summed E-state index contributed by atoms with van der Waals surface area (Å²) in [7, 11) is 1.72. The summed E-state index contributed by atoms with van der Waals surface area (Å²) in [4.78, 5) is 0. The first-order valence-corrected chi connectivity index (χ1v) is 6.05. The molecule has 0 spiro atoms. The first kappa shape index (κ1) is 13.5. The zero-order valence-corrected chi connectivity index (χ0v) is 10.9. The Morgan fingerprint density at radius 2 is 2.00 bits per heavy atom. The fourth-order valence-electron chi connectivity index (χ4n) is 1.48. The minimum atomic E-state index is -0.199. The summed E-state index contributed by atoms with van der Waals surface area (Å²) in [5.74, 6) is 0.535. The number of methoxy groups -OCH3 is 1. The standard InChI is InChI=1S/C13H20ClNO/c1-11(16-3)9-15-13(2,10-14)12-7-5-4-6-8-12/h4-8,11,15H,9-10H2,1-3H3. The Kier molecular flexibility index (Phi) is 5.26. The molecule has 0 fully saturated rings. The Labute approximate surface area is 103 Å². The van der Waals surface area contributed by atoms with Gasteiger partial charge in [-0.05, 0) is 19.4 Å². The van der Waals surface area contributed by atoms with Crippen LogP contribution in [-0.2, 0) is 10.3 Å². The van der Waals surface area contributed by atoms with E-state index in [9.17, 15) is 0 Å². The lowest BCUT2D eigenvalue weighted by Gasteiger charge is -2.30. The van der Waals surface area contributed by atoms with Crippen LogP contribution >= 0.6 is 11.6 Å². The van der Waals surface area contributed by atoms with E-state index in [1.165, 1.54) is 5.56 Å². The van der Waals surface area contributed by atoms with Crippen LogP contribution < -0.4 is 5.32 Å². The van der Waals surface area contributed by atoms with Gasteiger partial charge in [-0.3, -0.25) is 0 Å². The molecule has 0 saturated carbocycles. The van der Waals surface area contributed by atoms with Crippen LogP contribution in [0.4, 0.5) is 0 Å². The van der Waals surface area contributed by atoms with Gasteiger partial charge in [0, 0.05) is 19.5 Å². The van der Waals surface area contributed by atoms with Crippen molar-refractivity contribution in [3.05, 3.63) is 35.9 Å². The number of nitrogens with one attached hydrogen (secondary N) is 1. The van der Waals surface area contributed by atoms with Crippen molar-refractivity contribution in [3.8, 4) is 0 Å². The molecule has 0 amide bonds. The monoisotopic (exact) mass is 241 g/mol. The molecule has 2 nitrogen and oxygen atoms in total. The van der Waals surface area contributed by atoms with Gasteiger partial charge in [-0.15, -0.1) is 11.6 Å². The summed E-state index contributed by atoms with van der Waals surface area (Å²) in [6.07, 6.45) is 0.186. The third kappa shape index (κ3) is 3.48. The highest BCUT2D eigenvalue weighted by Gasteiger charge is 2.25. The van der Waals surface area contributed by atoms with Crippen LogP contribution in [0.1, 0.15) is 19.4 Å². The molecule has 0 aliphatic carbocycles. The van der Waals surface area contributed by atoms with Gasteiger partial charge < -0.3 is 10.1 Å². The Bertz CT molecular complexity index is 304. The Morgan fingerprint density at radius 1 is 1.38 bits per heavy atom. The molecule has 1 N–H and O–H groups in total. The molecule has 0 heterocycles. The molecule has 2 unspecified atom stereocenters. The van der Waals surface area contributed by atoms with Crippen molar-refractivity contribution in [1.82, 2.24) is 5.32 Å². The second-order valence-corrected chi connectivity index (χ2v) is 4.53. The minimum Gasteiger partial charge on any atom is -0.380 e. The van der Waals surface area contributed by atoms with Crippen molar-refractivity contribution in [2.75, 3.05) is 19.5 Å². The summed E-state index contributed by atoms with van der Waals surface area (Å²) in [6, 6.07) is 10.2. The SMILES string of the molecule is COC(C)CNC(C)(CCl)c1ccccc1. The highest BCUT2D eigenvalue weighted by atomic mass is 35.5. The van der Waals surface area contributed by atoms with Crippen molar-refractivity contribution < 1.29 is 4.74 Å². The Morgan fingerprint density at radius 3 is 2.50 bits per heavy atom. The molecule has 1 aromatic rings. The van der Waals surface area contributed by atoms with E-state index in [1.54, 1.807) is 7.11 Å². The van der Waals surface area contributed by atoms with Gasteiger partial charge in [0.05, 0.1) is 11.6 Å². The second kappa shape index (κ2) is 6.24. The van der Waals surface area contributed by atoms with E-state index in [1.807, 2.05) is 25.1 Å². The molecule has 3 heteroatoms. The number of hydrogen-bond donors (Lipinski definition) is 1. The van der Waals surface area contributed by atoms with E-state index in [0.29, 0.717) is 5.88 Å². The van der Waals surface area contributed by atoms with Gasteiger partial charge >= 0.3 is 0 Å². The van der Waals surface area contributed by atoms with Crippen molar-refractivity contribution >= 4 is 11.6 Å². The van der Waals surface area contributed by atoms with Crippen LogP contribution in [0.5, 0.6) is 0 Å². The molecule has 0 aliphatic heterocycles. The molecule has 0 radical (unpaired) electrons.